The van der Waals surface area contributed by atoms with Gasteiger partial charge in [-0.15, -0.1) is 0 Å². The Balaban J connectivity index is 1.65. The molecular weight excluding hydrogens is 543 g/mol. The van der Waals surface area contributed by atoms with E-state index in [2.05, 4.69) is 15.9 Å². The van der Waals surface area contributed by atoms with Gasteiger partial charge >= 0.3 is 12.1 Å². The van der Waals surface area contributed by atoms with Crippen LogP contribution >= 0.6 is 27.5 Å². The van der Waals surface area contributed by atoms with Crippen molar-refractivity contribution >= 4 is 44.5 Å². The fourth-order valence-electron chi connectivity index (χ4n) is 3.94. The third-order valence-electron chi connectivity index (χ3n) is 5.63. The number of aliphatic carboxylic acids is 1. The molecule has 1 aliphatic rings. The lowest BCUT2D eigenvalue weighted by Gasteiger charge is -2.17. The van der Waals surface area contributed by atoms with Gasteiger partial charge in [-0.1, -0.05) is 27.5 Å². The van der Waals surface area contributed by atoms with Crippen molar-refractivity contribution in [2.45, 2.75) is 12.6 Å². The molecule has 2 heterocycles. The summed E-state index contributed by atoms with van der Waals surface area (Å²) in [7, 11) is 0. The zero-order valence-corrected chi connectivity index (χ0v) is 19.8. The van der Waals surface area contributed by atoms with Crippen LogP contribution in [-0.2, 0) is 11.0 Å². The van der Waals surface area contributed by atoms with Gasteiger partial charge < -0.3 is 14.3 Å². The zero-order valence-electron chi connectivity index (χ0n) is 17.5. The van der Waals surface area contributed by atoms with Gasteiger partial charge in [0.1, 0.15) is 18.1 Å². The number of carbonyl (C=O) groups is 1. The molecule has 1 atom stereocenters. The van der Waals surface area contributed by atoms with E-state index in [1.54, 1.807) is 18.2 Å². The molecule has 1 fully saturated rings. The molecule has 1 saturated heterocycles. The molecule has 0 radical (unpaired) electrons. The Morgan fingerprint density at radius 2 is 2.03 bits per heavy atom. The molecule has 0 spiro atoms. The van der Waals surface area contributed by atoms with E-state index in [9.17, 15) is 22.8 Å². The first-order chi connectivity index (χ1) is 16.0. The summed E-state index contributed by atoms with van der Waals surface area (Å²) < 4.78 is 52.5. The average molecular weight is 561 g/mol. The highest BCUT2D eigenvalue weighted by Gasteiger charge is 2.35. The lowest BCUT2D eigenvalue weighted by Crippen LogP contribution is -2.27. The molecule has 0 saturated carbocycles. The lowest BCUT2D eigenvalue weighted by atomic mass is 10.1. The van der Waals surface area contributed by atoms with Crippen molar-refractivity contribution in [1.29, 1.82) is 0 Å². The van der Waals surface area contributed by atoms with Crippen LogP contribution in [0.1, 0.15) is 12.0 Å². The SMILES string of the molecule is O=C(O)C1CCN(CCOc2cc(Br)ccc2-c2cc(=O)c3c(C(F)(F)F)ccc(Cl)c3o2)C1. The Labute approximate surface area is 205 Å². The Hall–Kier alpha value is -2.56. The fraction of sp³-hybridized carbons (Fsp3) is 0.304. The van der Waals surface area contributed by atoms with Gasteiger partial charge in [-0.2, -0.15) is 13.2 Å². The highest BCUT2D eigenvalue weighted by atomic mass is 79.9. The van der Waals surface area contributed by atoms with Crippen molar-refractivity contribution in [3.63, 3.8) is 0 Å². The van der Waals surface area contributed by atoms with Gasteiger partial charge in [-0.05, 0) is 43.3 Å². The summed E-state index contributed by atoms with van der Waals surface area (Å²) >= 11 is 9.43. The van der Waals surface area contributed by atoms with E-state index in [1.165, 1.54) is 0 Å². The number of halogens is 5. The van der Waals surface area contributed by atoms with Crippen LogP contribution in [0, 0.1) is 5.92 Å². The van der Waals surface area contributed by atoms with Crippen molar-refractivity contribution in [3.8, 4) is 17.1 Å². The largest absolute Gasteiger partial charge is 0.491 e. The van der Waals surface area contributed by atoms with Crippen LogP contribution in [0.2, 0.25) is 5.02 Å². The van der Waals surface area contributed by atoms with Gasteiger partial charge in [-0.25, -0.2) is 0 Å². The first-order valence-corrected chi connectivity index (χ1v) is 11.4. The highest BCUT2D eigenvalue weighted by molar-refractivity contribution is 9.10. The van der Waals surface area contributed by atoms with Crippen LogP contribution in [0.25, 0.3) is 22.3 Å². The molecular formula is C23H18BrClF3NO5. The molecule has 0 amide bonds. The summed E-state index contributed by atoms with van der Waals surface area (Å²) in [6.07, 6.45) is -4.18. The van der Waals surface area contributed by atoms with Crippen molar-refractivity contribution in [3.05, 3.63) is 61.7 Å². The predicted octanol–water partition coefficient (Wildman–Crippen LogP) is 5.68. The van der Waals surface area contributed by atoms with Crippen LogP contribution < -0.4 is 10.2 Å². The quantitative estimate of drug-likeness (QED) is 0.418. The van der Waals surface area contributed by atoms with Crippen LogP contribution in [0.15, 0.2) is 50.1 Å². The number of hydrogen-bond donors (Lipinski definition) is 1. The third-order valence-corrected chi connectivity index (χ3v) is 6.42. The van der Waals surface area contributed by atoms with Crippen LogP contribution in [0.4, 0.5) is 13.2 Å². The number of carboxylic acid groups (broad SMARTS) is 1. The molecule has 4 rings (SSSR count). The maximum atomic E-state index is 13.4. The summed E-state index contributed by atoms with van der Waals surface area (Å²) in [6, 6.07) is 7.72. The normalized spacial score (nSPS) is 16.8. The molecule has 2 aromatic carbocycles. The number of benzene rings is 2. The van der Waals surface area contributed by atoms with Gasteiger partial charge in [0.05, 0.1) is 27.5 Å². The summed E-state index contributed by atoms with van der Waals surface area (Å²) in [5, 5.41) is 8.38. The van der Waals surface area contributed by atoms with E-state index in [4.69, 9.17) is 25.9 Å². The first-order valence-electron chi connectivity index (χ1n) is 10.3. The van der Waals surface area contributed by atoms with Gasteiger partial charge in [0.15, 0.2) is 11.0 Å². The molecule has 3 aromatic rings. The maximum absolute atomic E-state index is 13.4. The Morgan fingerprint density at radius 1 is 1.26 bits per heavy atom. The lowest BCUT2D eigenvalue weighted by molar-refractivity contribution is -0.141. The topological polar surface area (TPSA) is 80.0 Å². The van der Waals surface area contributed by atoms with Crippen molar-refractivity contribution < 1.29 is 32.2 Å². The van der Waals surface area contributed by atoms with Crippen molar-refractivity contribution in [1.82, 2.24) is 4.90 Å². The van der Waals surface area contributed by atoms with E-state index >= 15 is 0 Å². The summed E-state index contributed by atoms with van der Waals surface area (Å²) in [4.78, 5) is 25.8. The second kappa shape index (κ2) is 9.59. The standard InChI is InChI=1S/C23H18BrClF3NO5/c24-13-1-2-14(18(9-13)33-8-7-29-6-5-12(11-29)22(31)32)19-10-17(30)20-15(23(26,27)28)3-4-16(25)21(20)34-19/h1-4,9-10,12H,5-8,11H2,(H,31,32). The Bertz CT molecular complexity index is 1310. The predicted molar refractivity (Wildman–Crippen MR) is 123 cm³/mol. The molecule has 0 aliphatic carbocycles. The number of alkyl halides is 3. The number of rotatable bonds is 6. The van der Waals surface area contributed by atoms with Crippen LogP contribution in [0.3, 0.4) is 0 Å². The number of fused-ring (bicyclic) bond motifs is 1. The minimum Gasteiger partial charge on any atom is -0.491 e. The number of ether oxygens (including phenoxy) is 1. The molecule has 34 heavy (non-hydrogen) atoms. The summed E-state index contributed by atoms with van der Waals surface area (Å²) in [5.41, 5.74) is -1.99. The highest BCUT2D eigenvalue weighted by Crippen LogP contribution is 2.39. The maximum Gasteiger partial charge on any atom is 0.417 e. The van der Waals surface area contributed by atoms with E-state index in [1.807, 2.05) is 4.90 Å². The molecule has 1 unspecified atom stereocenters. The second-order valence-electron chi connectivity index (χ2n) is 7.89. The number of carboxylic acids is 1. The molecule has 0 bridgehead atoms. The van der Waals surface area contributed by atoms with E-state index in [0.717, 1.165) is 18.2 Å². The Kier molecular flexibility index (Phi) is 6.93. The monoisotopic (exact) mass is 559 g/mol. The van der Waals surface area contributed by atoms with Crippen molar-refractivity contribution in [2.75, 3.05) is 26.2 Å². The minimum atomic E-state index is -4.75. The number of hydrogen-bond acceptors (Lipinski definition) is 5. The van der Waals surface area contributed by atoms with Gasteiger partial charge in [-0.3, -0.25) is 14.5 Å². The zero-order chi connectivity index (χ0) is 24.6. The third kappa shape index (κ3) is 5.08. The van der Waals surface area contributed by atoms with E-state index < -0.39 is 34.4 Å². The molecule has 1 N–H and O–H groups in total. The van der Waals surface area contributed by atoms with Gasteiger partial charge in [0.2, 0.25) is 0 Å². The van der Waals surface area contributed by atoms with E-state index in [-0.39, 0.29) is 23.0 Å². The van der Waals surface area contributed by atoms with Crippen molar-refractivity contribution in [2.24, 2.45) is 5.92 Å². The van der Waals surface area contributed by atoms with E-state index in [0.29, 0.717) is 41.8 Å². The second-order valence-corrected chi connectivity index (χ2v) is 9.21. The first kappa shape index (κ1) is 24.6. The van der Waals surface area contributed by atoms with Gasteiger partial charge in [0, 0.05) is 23.6 Å². The average Bonchev–Trinajstić information content (AvgIpc) is 3.23. The van der Waals surface area contributed by atoms with Crippen LogP contribution in [-0.4, -0.2) is 42.2 Å². The van der Waals surface area contributed by atoms with Crippen LogP contribution in [0.5, 0.6) is 5.75 Å². The summed E-state index contributed by atoms with van der Waals surface area (Å²) in [6.45, 7) is 1.79. The Morgan fingerprint density at radius 3 is 2.71 bits per heavy atom. The smallest absolute Gasteiger partial charge is 0.417 e. The molecule has 180 valence electrons. The molecule has 1 aliphatic heterocycles. The van der Waals surface area contributed by atoms with Gasteiger partial charge in [0.25, 0.3) is 0 Å². The summed E-state index contributed by atoms with van der Waals surface area (Å²) in [5.74, 6) is -0.877. The number of likely N-dealkylation sites (tertiary alicyclic amines) is 1. The molecule has 6 nitrogen and oxygen atoms in total. The number of nitrogens with zero attached hydrogens (tertiary/aromatic N) is 1. The minimum absolute atomic E-state index is 0.00772. The molecule has 11 heteroatoms. The molecule has 1 aromatic heterocycles. The fourth-order valence-corrected chi connectivity index (χ4v) is 4.48.